The van der Waals surface area contributed by atoms with Crippen LogP contribution in [0.15, 0.2) is 22.8 Å². The molecule has 1 rings (SSSR count). The van der Waals surface area contributed by atoms with Gasteiger partial charge in [-0.2, -0.15) is 0 Å². The van der Waals surface area contributed by atoms with Gasteiger partial charge in [-0.1, -0.05) is 0 Å². The predicted octanol–water partition coefficient (Wildman–Crippen LogP) is 0.239. The molecule has 0 aliphatic rings. The largest absolute Gasteiger partial charge is 0.459 e. The van der Waals surface area contributed by atoms with Gasteiger partial charge in [0.25, 0.3) is 5.91 Å². The van der Waals surface area contributed by atoms with Gasteiger partial charge in [-0.05, 0) is 26.0 Å². The van der Waals surface area contributed by atoms with Gasteiger partial charge in [-0.15, -0.1) is 0 Å². The van der Waals surface area contributed by atoms with Crippen molar-refractivity contribution in [1.29, 1.82) is 0 Å². The van der Waals surface area contributed by atoms with Crippen molar-refractivity contribution in [3.05, 3.63) is 24.2 Å². The number of aliphatic hydroxyl groups is 1. The molecule has 0 spiro atoms. The number of nitrogens with zero attached hydrogens (tertiary/aromatic N) is 1. The topological polar surface area (TPSA) is 82.8 Å². The summed E-state index contributed by atoms with van der Waals surface area (Å²) in [5.41, 5.74) is -0.973. The molecule has 1 aromatic rings. The van der Waals surface area contributed by atoms with E-state index in [1.807, 2.05) is 0 Å². The van der Waals surface area contributed by atoms with Gasteiger partial charge in [-0.25, -0.2) is 0 Å². The summed E-state index contributed by atoms with van der Waals surface area (Å²) in [5.74, 6) is -0.509. The van der Waals surface area contributed by atoms with E-state index in [0.29, 0.717) is 0 Å². The molecule has 6 nitrogen and oxygen atoms in total. The maximum Gasteiger partial charge on any atom is 0.289 e. The molecule has 0 saturated carbocycles. The third kappa shape index (κ3) is 4.58. The summed E-state index contributed by atoms with van der Waals surface area (Å²) in [6.45, 7) is 3.22. The highest BCUT2D eigenvalue weighted by Gasteiger charge is 2.18. The molecule has 0 aromatic carbocycles. The van der Waals surface area contributed by atoms with Crippen molar-refractivity contribution in [3.8, 4) is 0 Å². The van der Waals surface area contributed by atoms with E-state index >= 15 is 0 Å². The van der Waals surface area contributed by atoms with Crippen LogP contribution in [0.2, 0.25) is 0 Å². The third-order valence-electron chi connectivity index (χ3n) is 2.18. The van der Waals surface area contributed by atoms with Crippen LogP contribution in [0.1, 0.15) is 24.4 Å². The Kier molecular flexibility index (Phi) is 4.49. The lowest BCUT2D eigenvalue weighted by Gasteiger charge is -2.20. The second-order valence-corrected chi connectivity index (χ2v) is 4.73. The summed E-state index contributed by atoms with van der Waals surface area (Å²) >= 11 is 0. The molecule has 1 heterocycles. The first-order valence-corrected chi connectivity index (χ1v) is 5.57. The number of carbonyl (C=O) groups is 2. The minimum atomic E-state index is -0.973. The van der Waals surface area contributed by atoms with Crippen molar-refractivity contribution in [1.82, 2.24) is 10.2 Å². The zero-order chi connectivity index (χ0) is 13.8. The molecular formula is C12H18N2O4. The highest BCUT2D eigenvalue weighted by atomic mass is 16.3. The number of amides is 2. The first kappa shape index (κ1) is 14.2. The lowest BCUT2D eigenvalue weighted by Crippen LogP contribution is -2.43. The van der Waals surface area contributed by atoms with Gasteiger partial charge in [0.15, 0.2) is 5.76 Å². The number of hydrogen-bond acceptors (Lipinski definition) is 4. The van der Waals surface area contributed by atoms with Crippen molar-refractivity contribution < 1.29 is 19.1 Å². The monoisotopic (exact) mass is 254 g/mol. The van der Waals surface area contributed by atoms with E-state index in [1.165, 1.54) is 24.3 Å². The van der Waals surface area contributed by atoms with Gasteiger partial charge in [0.2, 0.25) is 5.91 Å². The van der Waals surface area contributed by atoms with E-state index < -0.39 is 5.60 Å². The quantitative estimate of drug-likeness (QED) is 0.788. The van der Waals surface area contributed by atoms with Crippen LogP contribution in [-0.4, -0.2) is 47.6 Å². The number of carbonyl (C=O) groups excluding carboxylic acids is 2. The molecule has 18 heavy (non-hydrogen) atoms. The zero-order valence-corrected chi connectivity index (χ0v) is 10.8. The summed E-state index contributed by atoms with van der Waals surface area (Å²) in [4.78, 5) is 24.5. The van der Waals surface area contributed by atoms with Crippen molar-refractivity contribution in [2.45, 2.75) is 19.4 Å². The molecule has 0 radical (unpaired) electrons. The van der Waals surface area contributed by atoms with Crippen LogP contribution in [-0.2, 0) is 4.79 Å². The highest BCUT2D eigenvalue weighted by molar-refractivity contribution is 5.94. The number of hydrogen-bond donors (Lipinski definition) is 2. The van der Waals surface area contributed by atoms with Gasteiger partial charge in [0.05, 0.1) is 18.4 Å². The van der Waals surface area contributed by atoms with Crippen LogP contribution < -0.4 is 5.32 Å². The van der Waals surface area contributed by atoms with Gasteiger partial charge in [-0.3, -0.25) is 9.59 Å². The van der Waals surface area contributed by atoms with Crippen LogP contribution in [0.4, 0.5) is 0 Å². The zero-order valence-electron chi connectivity index (χ0n) is 10.8. The molecule has 0 atom stereocenters. The van der Waals surface area contributed by atoms with Gasteiger partial charge >= 0.3 is 0 Å². The molecule has 1 aromatic heterocycles. The van der Waals surface area contributed by atoms with Gasteiger partial charge < -0.3 is 19.7 Å². The van der Waals surface area contributed by atoms with E-state index in [9.17, 15) is 14.7 Å². The van der Waals surface area contributed by atoms with Gasteiger partial charge in [0, 0.05) is 13.6 Å². The Hall–Kier alpha value is -1.82. The van der Waals surface area contributed by atoms with E-state index in [1.54, 1.807) is 19.9 Å². The maximum absolute atomic E-state index is 11.7. The molecule has 0 aliphatic heterocycles. The van der Waals surface area contributed by atoms with E-state index in [4.69, 9.17) is 4.42 Å². The highest BCUT2D eigenvalue weighted by Crippen LogP contribution is 2.04. The van der Waals surface area contributed by atoms with Crippen molar-refractivity contribution >= 4 is 11.8 Å². The van der Waals surface area contributed by atoms with E-state index in [0.717, 1.165) is 0 Å². The minimum absolute atomic E-state index is 0.0877. The SMILES string of the molecule is CN(CC(=O)NCC(C)(C)O)C(=O)c1ccco1. The van der Waals surface area contributed by atoms with Crippen LogP contribution in [0.3, 0.4) is 0 Å². The van der Waals surface area contributed by atoms with E-state index in [2.05, 4.69) is 5.32 Å². The smallest absolute Gasteiger partial charge is 0.289 e. The fraction of sp³-hybridized carbons (Fsp3) is 0.500. The summed E-state index contributed by atoms with van der Waals surface area (Å²) in [6, 6.07) is 3.14. The Labute approximate surface area is 106 Å². The van der Waals surface area contributed by atoms with Crippen LogP contribution in [0.25, 0.3) is 0 Å². The fourth-order valence-electron chi connectivity index (χ4n) is 1.25. The molecule has 0 unspecified atom stereocenters. The molecule has 2 N–H and O–H groups in total. The lowest BCUT2D eigenvalue weighted by atomic mass is 10.1. The van der Waals surface area contributed by atoms with Crippen molar-refractivity contribution in [3.63, 3.8) is 0 Å². The third-order valence-corrected chi connectivity index (χ3v) is 2.18. The number of rotatable bonds is 5. The predicted molar refractivity (Wildman–Crippen MR) is 65.0 cm³/mol. The molecule has 0 fully saturated rings. The summed E-state index contributed by atoms with van der Waals surface area (Å²) in [6.07, 6.45) is 1.40. The number of nitrogens with one attached hydrogen (secondary N) is 1. The number of likely N-dealkylation sites (N-methyl/N-ethyl adjacent to an activating group) is 1. The van der Waals surface area contributed by atoms with Crippen LogP contribution in [0.5, 0.6) is 0 Å². The molecule has 6 heteroatoms. The van der Waals surface area contributed by atoms with Crippen LogP contribution in [0, 0.1) is 0 Å². The molecule has 100 valence electrons. The summed E-state index contributed by atoms with van der Waals surface area (Å²) < 4.78 is 4.95. The number of furan rings is 1. The fourth-order valence-corrected chi connectivity index (χ4v) is 1.25. The standard InChI is InChI=1S/C12H18N2O4/c1-12(2,17)8-13-10(15)7-14(3)11(16)9-5-4-6-18-9/h4-6,17H,7-8H2,1-3H3,(H,13,15). The van der Waals surface area contributed by atoms with Gasteiger partial charge in [0.1, 0.15) is 0 Å². The Morgan fingerprint density at radius 1 is 1.50 bits per heavy atom. The molecule has 2 amide bonds. The molecule has 0 saturated heterocycles. The Balaban J connectivity index is 2.43. The molecule has 0 bridgehead atoms. The second kappa shape index (κ2) is 5.68. The Morgan fingerprint density at radius 2 is 2.17 bits per heavy atom. The van der Waals surface area contributed by atoms with E-state index in [-0.39, 0.29) is 30.7 Å². The lowest BCUT2D eigenvalue weighted by molar-refractivity contribution is -0.122. The minimum Gasteiger partial charge on any atom is -0.459 e. The average molecular weight is 254 g/mol. The average Bonchev–Trinajstić information content (AvgIpc) is 2.77. The summed E-state index contributed by atoms with van der Waals surface area (Å²) in [5, 5.41) is 12.0. The van der Waals surface area contributed by atoms with Crippen LogP contribution >= 0.6 is 0 Å². The first-order chi connectivity index (χ1) is 8.29. The Morgan fingerprint density at radius 3 is 2.67 bits per heavy atom. The molecule has 0 aliphatic carbocycles. The Bertz CT molecular complexity index is 406. The second-order valence-electron chi connectivity index (χ2n) is 4.73. The normalized spacial score (nSPS) is 11.1. The van der Waals surface area contributed by atoms with Crippen molar-refractivity contribution in [2.24, 2.45) is 0 Å². The summed E-state index contributed by atoms with van der Waals surface area (Å²) in [7, 11) is 1.51. The molecular weight excluding hydrogens is 236 g/mol. The first-order valence-electron chi connectivity index (χ1n) is 5.57. The maximum atomic E-state index is 11.7. The van der Waals surface area contributed by atoms with Crippen molar-refractivity contribution in [2.75, 3.05) is 20.1 Å².